The highest BCUT2D eigenvalue weighted by Crippen LogP contribution is 2.17. The first-order chi connectivity index (χ1) is 14.5. The van der Waals surface area contributed by atoms with Gasteiger partial charge in [-0.1, -0.05) is 0 Å². The molecule has 1 aliphatic rings. The molecule has 8 heteroatoms. The largest absolute Gasteiger partial charge is 0.465 e. The van der Waals surface area contributed by atoms with Crippen molar-refractivity contribution in [2.75, 3.05) is 43.5 Å². The van der Waals surface area contributed by atoms with Gasteiger partial charge in [-0.25, -0.2) is 9.18 Å². The van der Waals surface area contributed by atoms with Crippen LogP contribution >= 0.6 is 0 Å². The minimum absolute atomic E-state index is 0.0649. The molecule has 7 nitrogen and oxygen atoms in total. The van der Waals surface area contributed by atoms with Crippen LogP contribution in [-0.2, 0) is 14.3 Å². The fraction of sp³-hybridized carbons (Fsp3) is 0.318. The molecule has 0 aliphatic carbocycles. The monoisotopic (exact) mass is 413 g/mol. The predicted molar refractivity (Wildman–Crippen MR) is 111 cm³/mol. The number of carbonyl (C=O) groups is 3. The summed E-state index contributed by atoms with van der Waals surface area (Å²) in [5.41, 5.74) is 1.87. The number of rotatable bonds is 6. The van der Waals surface area contributed by atoms with Gasteiger partial charge >= 0.3 is 5.97 Å². The third-order valence-corrected chi connectivity index (χ3v) is 4.98. The van der Waals surface area contributed by atoms with E-state index in [4.69, 9.17) is 0 Å². The average Bonchev–Trinajstić information content (AvgIpc) is 2.78. The third-order valence-electron chi connectivity index (χ3n) is 4.98. The normalized spacial score (nSPS) is 13.7. The lowest BCUT2D eigenvalue weighted by Crippen LogP contribution is -2.48. The predicted octanol–water partition coefficient (Wildman–Crippen LogP) is 2.68. The highest BCUT2D eigenvalue weighted by molar-refractivity contribution is 5.94. The molecule has 0 aromatic heterocycles. The molecular formula is C22H24FN3O4. The van der Waals surface area contributed by atoms with Crippen LogP contribution in [0.1, 0.15) is 23.2 Å². The Morgan fingerprint density at radius 1 is 0.933 bits per heavy atom. The molecule has 1 fully saturated rings. The number of nitrogens with one attached hydrogen (secondary N) is 1. The molecule has 2 aromatic rings. The summed E-state index contributed by atoms with van der Waals surface area (Å²) in [7, 11) is 1.30. The van der Waals surface area contributed by atoms with Gasteiger partial charge in [-0.3, -0.25) is 9.59 Å². The molecule has 2 amide bonds. The Hall–Kier alpha value is -3.42. The SMILES string of the molecule is COC(=O)c1ccc(NC(=O)CCC(=O)N2CCN(c3ccc(F)cc3)CC2)cc1. The summed E-state index contributed by atoms with van der Waals surface area (Å²) in [6.07, 6.45) is 0.207. The number of nitrogens with zero attached hydrogens (tertiary/aromatic N) is 2. The van der Waals surface area contributed by atoms with E-state index in [0.717, 1.165) is 5.69 Å². The topological polar surface area (TPSA) is 78.9 Å². The Morgan fingerprint density at radius 3 is 2.17 bits per heavy atom. The van der Waals surface area contributed by atoms with E-state index in [1.807, 2.05) is 0 Å². The van der Waals surface area contributed by atoms with Gasteiger partial charge in [-0.2, -0.15) is 0 Å². The van der Waals surface area contributed by atoms with Crippen LogP contribution in [0.4, 0.5) is 15.8 Å². The lowest BCUT2D eigenvalue weighted by molar-refractivity contribution is -0.133. The summed E-state index contributed by atoms with van der Waals surface area (Å²) in [5.74, 6) is -1.05. The maximum absolute atomic E-state index is 13.1. The third kappa shape index (κ3) is 5.56. The van der Waals surface area contributed by atoms with Crippen molar-refractivity contribution in [3.05, 3.63) is 59.9 Å². The molecule has 3 rings (SSSR count). The number of hydrogen-bond donors (Lipinski definition) is 1. The van der Waals surface area contributed by atoms with Gasteiger partial charge in [0.15, 0.2) is 0 Å². The van der Waals surface area contributed by atoms with Crippen molar-refractivity contribution in [2.45, 2.75) is 12.8 Å². The number of ether oxygens (including phenoxy) is 1. The Bertz CT molecular complexity index is 892. The Morgan fingerprint density at radius 2 is 1.57 bits per heavy atom. The van der Waals surface area contributed by atoms with Gasteiger partial charge in [0.1, 0.15) is 5.82 Å². The molecule has 0 saturated carbocycles. The van der Waals surface area contributed by atoms with Crippen LogP contribution < -0.4 is 10.2 Å². The van der Waals surface area contributed by atoms with E-state index in [2.05, 4.69) is 15.0 Å². The zero-order valence-electron chi connectivity index (χ0n) is 16.8. The molecule has 158 valence electrons. The Labute approximate surface area is 174 Å². The molecule has 0 spiro atoms. The lowest BCUT2D eigenvalue weighted by atomic mass is 10.2. The van der Waals surface area contributed by atoms with Crippen LogP contribution in [0.3, 0.4) is 0 Å². The molecule has 30 heavy (non-hydrogen) atoms. The van der Waals surface area contributed by atoms with Crippen LogP contribution in [0.25, 0.3) is 0 Å². The van der Waals surface area contributed by atoms with E-state index in [-0.39, 0.29) is 30.5 Å². The molecule has 0 atom stereocenters. The second kappa shape index (κ2) is 9.87. The first-order valence-corrected chi connectivity index (χ1v) is 9.73. The zero-order chi connectivity index (χ0) is 21.5. The zero-order valence-corrected chi connectivity index (χ0v) is 16.8. The highest BCUT2D eigenvalue weighted by atomic mass is 19.1. The van der Waals surface area contributed by atoms with E-state index in [0.29, 0.717) is 37.4 Å². The summed E-state index contributed by atoms with van der Waals surface area (Å²) < 4.78 is 17.7. The maximum atomic E-state index is 13.1. The summed E-state index contributed by atoms with van der Waals surface area (Å²) in [4.78, 5) is 39.8. The Kier molecular flexibility index (Phi) is 7.00. The number of anilines is 2. The van der Waals surface area contributed by atoms with E-state index in [1.165, 1.54) is 19.2 Å². The van der Waals surface area contributed by atoms with Crippen molar-refractivity contribution < 1.29 is 23.5 Å². The molecule has 1 aliphatic heterocycles. The van der Waals surface area contributed by atoms with Gasteiger partial charge in [0.2, 0.25) is 11.8 Å². The van der Waals surface area contributed by atoms with Crippen LogP contribution in [0, 0.1) is 5.82 Å². The standard InChI is InChI=1S/C22H24FN3O4/c1-30-22(29)16-2-6-18(7-3-16)24-20(27)10-11-21(28)26-14-12-25(13-15-26)19-8-4-17(23)5-9-19/h2-9H,10-15H2,1H3,(H,24,27). The van der Waals surface area contributed by atoms with Gasteiger partial charge in [-0.15, -0.1) is 0 Å². The van der Waals surface area contributed by atoms with E-state index >= 15 is 0 Å². The highest BCUT2D eigenvalue weighted by Gasteiger charge is 2.21. The van der Waals surface area contributed by atoms with Crippen LogP contribution in [0.5, 0.6) is 0 Å². The fourth-order valence-corrected chi connectivity index (χ4v) is 3.28. The number of benzene rings is 2. The molecule has 2 aromatic carbocycles. The Balaban J connectivity index is 1.41. The molecule has 0 radical (unpaired) electrons. The van der Waals surface area contributed by atoms with Gasteiger partial charge in [0, 0.05) is 50.4 Å². The van der Waals surface area contributed by atoms with Crippen molar-refractivity contribution in [2.24, 2.45) is 0 Å². The minimum Gasteiger partial charge on any atom is -0.465 e. The molecule has 1 N–H and O–H groups in total. The summed E-state index contributed by atoms with van der Waals surface area (Å²) in [5, 5.41) is 2.72. The fourth-order valence-electron chi connectivity index (χ4n) is 3.28. The van der Waals surface area contributed by atoms with Crippen LogP contribution in [0.2, 0.25) is 0 Å². The number of piperazine rings is 1. The second-order valence-corrected chi connectivity index (χ2v) is 6.96. The summed E-state index contributed by atoms with van der Waals surface area (Å²) >= 11 is 0. The number of carbonyl (C=O) groups excluding carboxylic acids is 3. The van der Waals surface area contributed by atoms with Crippen molar-refractivity contribution >= 4 is 29.2 Å². The smallest absolute Gasteiger partial charge is 0.337 e. The molecule has 1 saturated heterocycles. The van der Waals surface area contributed by atoms with E-state index in [9.17, 15) is 18.8 Å². The first-order valence-electron chi connectivity index (χ1n) is 9.73. The minimum atomic E-state index is -0.446. The molecule has 1 heterocycles. The van der Waals surface area contributed by atoms with Crippen molar-refractivity contribution in [1.82, 2.24) is 4.90 Å². The van der Waals surface area contributed by atoms with E-state index < -0.39 is 5.97 Å². The quantitative estimate of drug-likeness (QED) is 0.737. The second-order valence-electron chi connectivity index (χ2n) is 6.96. The number of amides is 2. The van der Waals surface area contributed by atoms with Gasteiger partial charge in [-0.05, 0) is 48.5 Å². The first kappa shape index (κ1) is 21.3. The van der Waals surface area contributed by atoms with Crippen molar-refractivity contribution in [3.8, 4) is 0 Å². The molecule has 0 unspecified atom stereocenters. The number of hydrogen-bond acceptors (Lipinski definition) is 5. The van der Waals surface area contributed by atoms with Crippen molar-refractivity contribution in [1.29, 1.82) is 0 Å². The number of halogens is 1. The molecule has 0 bridgehead atoms. The van der Waals surface area contributed by atoms with Crippen molar-refractivity contribution in [3.63, 3.8) is 0 Å². The summed E-state index contributed by atoms with van der Waals surface area (Å²) in [6, 6.07) is 12.7. The molecular weight excluding hydrogens is 389 g/mol. The van der Waals surface area contributed by atoms with Gasteiger partial charge in [0.05, 0.1) is 12.7 Å². The van der Waals surface area contributed by atoms with E-state index in [1.54, 1.807) is 41.3 Å². The lowest BCUT2D eigenvalue weighted by Gasteiger charge is -2.36. The average molecular weight is 413 g/mol. The van der Waals surface area contributed by atoms with Gasteiger partial charge in [0.25, 0.3) is 0 Å². The van der Waals surface area contributed by atoms with Gasteiger partial charge < -0.3 is 19.9 Å². The van der Waals surface area contributed by atoms with Crippen LogP contribution in [0.15, 0.2) is 48.5 Å². The summed E-state index contributed by atoms with van der Waals surface area (Å²) in [6.45, 7) is 2.45. The van der Waals surface area contributed by atoms with Crippen LogP contribution in [-0.4, -0.2) is 56.0 Å². The number of esters is 1. The maximum Gasteiger partial charge on any atom is 0.337 e. The number of methoxy groups -OCH3 is 1.